The maximum Gasteiger partial charge on any atom is 0.124 e. The first kappa shape index (κ1) is 15.0. The third-order valence-corrected chi connectivity index (χ3v) is 3.22. The number of hydrogen-bond donors (Lipinski definition) is 1. The van der Waals surface area contributed by atoms with Crippen LogP contribution in [0.5, 0.6) is 5.75 Å². The molecular formula is C15H25NO2. The van der Waals surface area contributed by atoms with Gasteiger partial charge in [-0.25, -0.2) is 0 Å². The van der Waals surface area contributed by atoms with E-state index in [1.54, 1.807) is 7.11 Å². The van der Waals surface area contributed by atoms with Crippen LogP contribution < -0.4 is 10.5 Å². The standard InChI is InChI=1S/C15H25NO2/c1-10(2)12(4)18-15(11(3)16)13-8-6-7-9-14(13)17-5/h6-12,15H,16H2,1-5H3. The molecule has 0 radical (unpaired) electrons. The lowest BCUT2D eigenvalue weighted by Gasteiger charge is -2.28. The highest BCUT2D eigenvalue weighted by Gasteiger charge is 2.23. The summed E-state index contributed by atoms with van der Waals surface area (Å²) in [5.74, 6) is 1.29. The monoisotopic (exact) mass is 251 g/mol. The molecule has 102 valence electrons. The Morgan fingerprint density at radius 3 is 2.17 bits per heavy atom. The van der Waals surface area contributed by atoms with Gasteiger partial charge in [0, 0.05) is 11.6 Å². The number of methoxy groups -OCH3 is 1. The fourth-order valence-electron chi connectivity index (χ4n) is 1.77. The Kier molecular flexibility index (Phi) is 5.63. The molecule has 0 aliphatic rings. The van der Waals surface area contributed by atoms with Crippen LogP contribution in [-0.2, 0) is 4.74 Å². The molecular weight excluding hydrogens is 226 g/mol. The van der Waals surface area contributed by atoms with Gasteiger partial charge in [-0.2, -0.15) is 0 Å². The summed E-state index contributed by atoms with van der Waals surface area (Å²) in [4.78, 5) is 0. The van der Waals surface area contributed by atoms with Gasteiger partial charge in [0.25, 0.3) is 0 Å². The van der Waals surface area contributed by atoms with Crippen molar-refractivity contribution in [3.63, 3.8) is 0 Å². The van der Waals surface area contributed by atoms with Crippen LogP contribution in [0.25, 0.3) is 0 Å². The topological polar surface area (TPSA) is 44.5 Å². The molecule has 0 aliphatic carbocycles. The van der Waals surface area contributed by atoms with Gasteiger partial charge < -0.3 is 15.2 Å². The van der Waals surface area contributed by atoms with Crippen LogP contribution in [0.15, 0.2) is 24.3 Å². The molecule has 0 heterocycles. The lowest BCUT2D eigenvalue weighted by atomic mass is 10.0. The van der Waals surface area contributed by atoms with Crippen molar-refractivity contribution < 1.29 is 9.47 Å². The van der Waals surface area contributed by atoms with Crippen molar-refractivity contribution in [1.29, 1.82) is 0 Å². The van der Waals surface area contributed by atoms with Crippen molar-refractivity contribution in [3.8, 4) is 5.75 Å². The van der Waals surface area contributed by atoms with E-state index in [0.29, 0.717) is 5.92 Å². The molecule has 2 N–H and O–H groups in total. The second-order valence-corrected chi connectivity index (χ2v) is 5.11. The van der Waals surface area contributed by atoms with Crippen LogP contribution in [0.3, 0.4) is 0 Å². The van der Waals surface area contributed by atoms with Crippen molar-refractivity contribution in [2.45, 2.75) is 45.9 Å². The molecule has 0 aliphatic heterocycles. The van der Waals surface area contributed by atoms with Gasteiger partial charge in [-0.1, -0.05) is 32.0 Å². The molecule has 0 bridgehead atoms. The molecule has 0 spiro atoms. The molecule has 1 rings (SSSR count). The van der Waals surface area contributed by atoms with Crippen molar-refractivity contribution in [2.24, 2.45) is 11.7 Å². The number of nitrogens with two attached hydrogens (primary N) is 1. The zero-order valence-electron chi connectivity index (χ0n) is 12.0. The van der Waals surface area contributed by atoms with E-state index >= 15 is 0 Å². The summed E-state index contributed by atoms with van der Waals surface area (Å²) >= 11 is 0. The summed E-state index contributed by atoms with van der Waals surface area (Å²) in [6.45, 7) is 8.33. The van der Waals surface area contributed by atoms with Crippen molar-refractivity contribution in [1.82, 2.24) is 0 Å². The average Bonchev–Trinajstić information content (AvgIpc) is 2.35. The quantitative estimate of drug-likeness (QED) is 0.844. The minimum Gasteiger partial charge on any atom is -0.496 e. The zero-order chi connectivity index (χ0) is 13.7. The van der Waals surface area contributed by atoms with Gasteiger partial charge in [0.1, 0.15) is 11.9 Å². The van der Waals surface area contributed by atoms with Crippen LogP contribution in [0.1, 0.15) is 39.4 Å². The highest BCUT2D eigenvalue weighted by molar-refractivity contribution is 5.35. The van der Waals surface area contributed by atoms with Crippen molar-refractivity contribution in [3.05, 3.63) is 29.8 Å². The van der Waals surface area contributed by atoms with Gasteiger partial charge in [-0.3, -0.25) is 0 Å². The molecule has 0 saturated heterocycles. The first-order valence-corrected chi connectivity index (χ1v) is 6.51. The summed E-state index contributed by atoms with van der Waals surface area (Å²) < 4.78 is 11.5. The Bertz CT molecular complexity index is 363. The third kappa shape index (κ3) is 3.72. The van der Waals surface area contributed by atoms with E-state index in [-0.39, 0.29) is 18.2 Å². The maximum atomic E-state index is 6.10. The predicted molar refractivity (Wildman–Crippen MR) is 74.8 cm³/mol. The largest absolute Gasteiger partial charge is 0.496 e. The smallest absolute Gasteiger partial charge is 0.124 e. The number of ether oxygens (including phenoxy) is 2. The Labute approximate surface area is 110 Å². The summed E-state index contributed by atoms with van der Waals surface area (Å²) in [5.41, 5.74) is 7.08. The summed E-state index contributed by atoms with van der Waals surface area (Å²) in [6, 6.07) is 7.80. The van der Waals surface area contributed by atoms with Gasteiger partial charge in [0.2, 0.25) is 0 Å². The number of rotatable bonds is 6. The third-order valence-electron chi connectivity index (χ3n) is 3.22. The SMILES string of the molecule is COc1ccccc1C(OC(C)C(C)C)C(C)N. The molecule has 18 heavy (non-hydrogen) atoms. The number of benzene rings is 1. The lowest BCUT2D eigenvalue weighted by molar-refractivity contribution is -0.0372. The van der Waals surface area contributed by atoms with Gasteiger partial charge in [0.05, 0.1) is 13.2 Å². The molecule has 0 amide bonds. The van der Waals surface area contributed by atoms with Crippen molar-refractivity contribution >= 4 is 0 Å². The molecule has 3 nitrogen and oxygen atoms in total. The Morgan fingerprint density at radius 2 is 1.67 bits per heavy atom. The molecule has 3 unspecified atom stereocenters. The predicted octanol–water partition coefficient (Wildman–Crippen LogP) is 3.14. The summed E-state index contributed by atoms with van der Waals surface area (Å²) in [7, 11) is 1.67. The summed E-state index contributed by atoms with van der Waals surface area (Å²) in [6.07, 6.45) is 0.0180. The minimum atomic E-state index is -0.140. The molecule has 1 aromatic carbocycles. The molecule has 1 aromatic rings. The Balaban J connectivity index is 2.97. The van der Waals surface area contributed by atoms with E-state index in [1.807, 2.05) is 31.2 Å². The average molecular weight is 251 g/mol. The number of para-hydroxylation sites is 1. The van der Waals surface area contributed by atoms with E-state index in [2.05, 4.69) is 20.8 Å². The van der Waals surface area contributed by atoms with E-state index in [1.165, 1.54) is 0 Å². The number of hydrogen-bond acceptors (Lipinski definition) is 3. The Morgan fingerprint density at radius 1 is 1.06 bits per heavy atom. The molecule has 0 fully saturated rings. The Hall–Kier alpha value is -1.06. The van der Waals surface area contributed by atoms with Crippen LogP contribution >= 0.6 is 0 Å². The van der Waals surface area contributed by atoms with Crippen LogP contribution in [0.2, 0.25) is 0 Å². The molecule has 3 heteroatoms. The normalized spacial score (nSPS) is 16.4. The lowest BCUT2D eigenvalue weighted by Crippen LogP contribution is -2.31. The second-order valence-electron chi connectivity index (χ2n) is 5.11. The highest BCUT2D eigenvalue weighted by Crippen LogP contribution is 2.31. The first-order chi connectivity index (χ1) is 8.47. The van der Waals surface area contributed by atoms with Gasteiger partial charge >= 0.3 is 0 Å². The van der Waals surface area contributed by atoms with Crippen LogP contribution in [0, 0.1) is 5.92 Å². The minimum absolute atomic E-state index is 0.0810. The van der Waals surface area contributed by atoms with Gasteiger partial charge in [-0.15, -0.1) is 0 Å². The molecule has 0 aromatic heterocycles. The molecule has 3 atom stereocenters. The molecule has 0 saturated carbocycles. The fraction of sp³-hybridized carbons (Fsp3) is 0.600. The zero-order valence-corrected chi connectivity index (χ0v) is 12.0. The summed E-state index contributed by atoms with van der Waals surface area (Å²) in [5, 5.41) is 0. The maximum absolute atomic E-state index is 6.10. The highest BCUT2D eigenvalue weighted by atomic mass is 16.5. The van der Waals surface area contributed by atoms with E-state index in [4.69, 9.17) is 15.2 Å². The fourth-order valence-corrected chi connectivity index (χ4v) is 1.77. The first-order valence-electron chi connectivity index (χ1n) is 6.51. The van der Waals surface area contributed by atoms with Crippen molar-refractivity contribution in [2.75, 3.05) is 7.11 Å². The van der Waals surface area contributed by atoms with E-state index in [0.717, 1.165) is 11.3 Å². The van der Waals surface area contributed by atoms with E-state index < -0.39 is 0 Å². The van der Waals surface area contributed by atoms with Gasteiger partial charge in [-0.05, 0) is 25.8 Å². The second kappa shape index (κ2) is 6.76. The van der Waals surface area contributed by atoms with Gasteiger partial charge in [0.15, 0.2) is 0 Å². The van der Waals surface area contributed by atoms with Crippen LogP contribution in [0.4, 0.5) is 0 Å². The van der Waals surface area contributed by atoms with Crippen LogP contribution in [-0.4, -0.2) is 19.3 Å². The van der Waals surface area contributed by atoms with E-state index in [9.17, 15) is 0 Å².